The molecular formula is C12H24N2. The number of piperidine rings is 1. The molecule has 2 nitrogen and oxygen atoms in total. The van der Waals surface area contributed by atoms with E-state index >= 15 is 0 Å². The lowest BCUT2D eigenvalue weighted by atomic mass is 9.86. The van der Waals surface area contributed by atoms with Crippen LogP contribution in [0.3, 0.4) is 0 Å². The van der Waals surface area contributed by atoms with Gasteiger partial charge in [-0.3, -0.25) is 4.90 Å². The zero-order valence-corrected chi connectivity index (χ0v) is 10.1. The maximum Gasteiger partial charge on any atom is 0.0125 e. The van der Waals surface area contributed by atoms with E-state index in [4.69, 9.17) is 0 Å². The molecule has 2 aliphatic rings. The molecule has 2 saturated heterocycles. The van der Waals surface area contributed by atoms with Gasteiger partial charge in [-0.25, -0.2) is 0 Å². The summed E-state index contributed by atoms with van der Waals surface area (Å²) in [4.78, 5) is 5.16. The highest BCUT2D eigenvalue weighted by molar-refractivity contribution is 4.92. The zero-order valence-electron chi connectivity index (χ0n) is 10.1. The summed E-state index contributed by atoms with van der Waals surface area (Å²) in [6.07, 6.45) is 1.41. The molecule has 2 rings (SSSR count). The Hall–Kier alpha value is -0.0800. The minimum atomic E-state index is 0.367. The third-order valence-corrected chi connectivity index (χ3v) is 3.93. The van der Waals surface area contributed by atoms with E-state index < -0.39 is 0 Å². The Labute approximate surface area is 88.3 Å². The van der Waals surface area contributed by atoms with Gasteiger partial charge in [0.05, 0.1) is 0 Å². The van der Waals surface area contributed by atoms with Crippen molar-refractivity contribution in [2.75, 3.05) is 33.2 Å². The normalized spacial score (nSPS) is 36.0. The van der Waals surface area contributed by atoms with Crippen LogP contribution in [-0.4, -0.2) is 48.6 Å². The van der Waals surface area contributed by atoms with Crippen molar-refractivity contribution in [1.29, 1.82) is 0 Å². The fourth-order valence-corrected chi connectivity index (χ4v) is 3.01. The Morgan fingerprint density at radius 3 is 2.29 bits per heavy atom. The van der Waals surface area contributed by atoms with Gasteiger partial charge in [-0.1, -0.05) is 0 Å². The average molecular weight is 196 g/mol. The van der Waals surface area contributed by atoms with Gasteiger partial charge in [-0.05, 0) is 52.6 Å². The average Bonchev–Trinajstić information content (AvgIpc) is 2.41. The molecule has 0 N–H and O–H groups in total. The number of rotatable bonds is 0. The molecule has 2 heteroatoms. The van der Waals surface area contributed by atoms with Gasteiger partial charge in [0.2, 0.25) is 0 Å². The van der Waals surface area contributed by atoms with E-state index in [-0.39, 0.29) is 0 Å². The molecule has 14 heavy (non-hydrogen) atoms. The zero-order chi connectivity index (χ0) is 10.3. The van der Waals surface area contributed by atoms with Crippen LogP contribution in [0, 0.1) is 11.8 Å². The van der Waals surface area contributed by atoms with E-state index in [1.807, 2.05) is 0 Å². The van der Waals surface area contributed by atoms with E-state index in [0.717, 1.165) is 11.8 Å². The second-order valence-electron chi connectivity index (χ2n) is 6.15. The van der Waals surface area contributed by atoms with E-state index in [9.17, 15) is 0 Å². The molecule has 2 heterocycles. The second kappa shape index (κ2) is 3.49. The predicted molar refractivity (Wildman–Crippen MR) is 60.4 cm³/mol. The molecule has 0 saturated carbocycles. The highest BCUT2D eigenvalue weighted by atomic mass is 15.2. The summed E-state index contributed by atoms with van der Waals surface area (Å²) in [6, 6.07) is 0. The predicted octanol–water partition coefficient (Wildman–Crippen LogP) is 1.67. The summed E-state index contributed by atoms with van der Waals surface area (Å²) >= 11 is 0. The first-order valence-corrected chi connectivity index (χ1v) is 5.90. The number of nitrogens with zero attached hydrogens (tertiary/aromatic N) is 2. The fraction of sp³-hybridized carbons (Fsp3) is 1.00. The summed E-state index contributed by atoms with van der Waals surface area (Å²) in [6.45, 7) is 12.3. The number of likely N-dealkylation sites (tertiary alicyclic amines) is 2. The van der Waals surface area contributed by atoms with Crippen molar-refractivity contribution >= 4 is 0 Å². The molecular weight excluding hydrogens is 172 g/mol. The van der Waals surface area contributed by atoms with E-state index in [0.29, 0.717) is 5.54 Å². The van der Waals surface area contributed by atoms with Crippen molar-refractivity contribution in [3.8, 4) is 0 Å². The lowest BCUT2D eigenvalue weighted by Crippen LogP contribution is -2.49. The first-order valence-electron chi connectivity index (χ1n) is 5.90. The van der Waals surface area contributed by atoms with Crippen LogP contribution in [0.25, 0.3) is 0 Å². The highest BCUT2D eigenvalue weighted by Crippen LogP contribution is 2.32. The smallest absolute Gasteiger partial charge is 0.0125 e. The molecule has 2 atom stereocenters. The number of hydrogen-bond donors (Lipinski definition) is 0. The molecule has 82 valence electrons. The summed E-state index contributed by atoms with van der Waals surface area (Å²) < 4.78 is 0. The Morgan fingerprint density at radius 2 is 1.64 bits per heavy atom. The molecule has 0 aromatic carbocycles. The van der Waals surface area contributed by atoms with Gasteiger partial charge in [0.25, 0.3) is 0 Å². The molecule has 0 aromatic heterocycles. The van der Waals surface area contributed by atoms with E-state index in [1.54, 1.807) is 0 Å². The Bertz CT molecular complexity index is 207. The molecule has 0 bridgehead atoms. The van der Waals surface area contributed by atoms with Crippen LogP contribution in [0.15, 0.2) is 0 Å². The monoisotopic (exact) mass is 196 g/mol. The lowest BCUT2D eigenvalue weighted by molar-refractivity contribution is 0.0642. The van der Waals surface area contributed by atoms with Gasteiger partial charge in [-0.15, -0.1) is 0 Å². The summed E-state index contributed by atoms with van der Waals surface area (Å²) in [5.41, 5.74) is 0.367. The number of fused-ring (bicyclic) bond motifs is 1. The van der Waals surface area contributed by atoms with Crippen LogP contribution in [0.4, 0.5) is 0 Å². The molecule has 0 amide bonds. The van der Waals surface area contributed by atoms with Gasteiger partial charge in [0.1, 0.15) is 0 Å². The largest absolute Gasteiger partial charge is 0.306 e. The third-order valence-electron chi connectivity index (χ3n) is 3.93. The Balaban J connectivity index is 1.98. The van der Waals surface area contributed by atoms with Crippen molar-refractivity contribution in [2.24, 2.45) is 11.8 Å². The van der Waals surface area contributed by atoms with Gasteiger partial charge < -0.3 is 4.90 Å². The van der Waals surface area contributed by atoms with Crippen molar-refractivity contribution < 1.29 is 0 Å². The first-order chi connectivity index (χ1) is 6.47. The van der Waals surface area contributed by atoms with Crippen molar-refractivity contribution in [3.63, 3.8) is 0 Å². The topological polar surface area (TPSA) is 6.48 Å². The summed E-state index contributed by atoms with van der Waals surface area (Å²) in [5.74, 6) is 1.92. The number of hydrogen-bond acceptors (Lipinski definition) is 2. The van der Waals surface area contributed by atoms with E-state index in [2.05, 4.69) is 37.6 Å². The second-order valence-corrected chi connectivity index (χ2v) is 6.15. The molecule has 2 fully saturated rings. The summed E-state index contributed by atoms with van der Waals surface area (Å²) in [5, 5.41) is 0. The standard InChI is InChI=1S/C12H24N2/c1-12(2,3)14-6-5-10-7-13(4)8-11(10)9-14/h10-11H,5-9H2,1-4H3/t10-,11-/m1/s1. The minimum absolute atomic E-state index is 0.367. The Kier molecular flexibility index (Phi) is 2.61. The molecule has 0 aliphatic carbocycles. The van der Waals surface area contributed by atoms with Gasteiger partial charge >= 0.3 is 0 Å². The van der Waals surface area contributed by atoms with Crippen LogP contribution < -0.4 is 0 Å². The molecule has 0 radical (unpaired) electrons. The highest BCUT2D eigenvalue weighted by Gasteiger charge is 2.38. The SMILES string of the molecule is CN1C[C@H]2CCN(C(C)(C)C)C[C@H]2C1. The van der Waals surface area contributed by atoms with Crippen molar-refractivity contribution in [1.82, 2.24) is 9.80 Å². The van der Waals surface area contributed by atoms with Gasteiger partial charge in [-0.2, -0.15) is 0 Å². The summed E-state index contributed by atoms with van der Waals surface area (Å²) in [7, 11) is 2.26. The molecule has 0 aromatic rings. The Morgan fingerprint density at radius 1 is 1.00 bits per heavy atom. The quantitative estimate of drug-likeness (QED) is 0.581. The lowest BCUT2D eigenvalue weighted by Gasteiger charge is -2.42. The van der Waals surface area contributed by atoms with Crippen LogP contribution in [0.2, 0.25) is 0 Å². The van der Waals surface area contributed by atoms with Crippen LogP contribution >= 0.6 is 0 Å². The van der Waals surface area contributed by atoms with Crippen molar-refractivity contribution in [2.45, 2.75) is 32.7 Å². The molecule has 0 spiro atoms. The molecule has 0 unspecified atom stereocenters. The van der Waals surface area contributed by atoms with E-state index in [1.165, 1.54) is 32.6 Å². The third kappa shape index (κ3) is 1.96. The molecule has 2 aliphatic heterocycles. The maximum absolute atomic E-state index is 2.66. The van der Waals surface area contributed by atoms with Crippen molar-refractivity contribution in [3.05, 3.63) is 0 Å². The fourth-order valence-electron chi connectivity index (χ4n) is 3.01. The van der Waals surface area contributed by atoms with Gasteiger partial charge in [0, 0.05) is 25.2 Å². The van der Waals surface area contributed by atoms with Crippen LogP contribution in [-0.2, 0) is 0 Å². The van der Waals surface area contributed by atoms with Crippen LogP contribution in [0.5, 0.6) is 0 Å². The van der Waals surface area contributed by atoms with Crippen LogP contribution in [0.1, 0.15) is 27.2 Å². The maximum atomic E-state index is 2.66. The van der Waals surface area contributed by atoms with Gasteiger partial charge in [0.15, 0.2) is 0 Å². The minimum Gasteiger partial charge on any atom is -0.306 e. The first kappa shape index (κ1) is 10.4.